The van der Waals surface area contributed by atoms with E-state index in [0.717, 1.165) is 29.5 Å². The van der Waals surface area contributed by atoms with Crippen molar-refractivity contribution in [1.82, 2.24) is 33.9 Å². The first-order valence-electron chi connectivity index (χ1n) is 8.85. The minimum Gasteiger partial charge on any atom is -0.350 e. The predicted molar refractivity (Wildman–Crippen MR) is 104 cm³/mol. The van der Waals surface area contributed by atoms with Crippen molar-refractivity contribution < 1.29 is 0 Å². The zero-order chi connectivity index (χ0) is 18.5. The van der Waals surface area contributed by atoms with Gasteiger partial charge in [0.1, 0.15) is 5.15 Å². The number of rotatable bonds is 4. The summed E-state index contributed by atoms with van der Waals surface area (Å²) in [6, 6.07) is 3.08. The van der Waals surface area contributed by atoms with Crippen LogP contribution in [0.1, 0.15) is 12.8 Å². The lowest BCUT2D eigenvalue weighted by Gasteiger charge is -2.39. The van der Waals surface area contributed by atoms with Crippen LogP contribution >= 0.6 is 11.6 Å². The highest BCUT2D eigenvalue weighted by atomic mass is 35.5. The van der Waals surface area contributed by atoms with E-state index in [1.807, 2.05) is 29.2 Å². The SMILES string of the molecule is CN(C)[C@H]1C[C@H](Nc2ncc3c(-c4cnc5ncc(Cl)n5c4)ccn3n2)C1. The number of nitrogens with one attached hydrogen (secondary N) is 1. The third-order valence-corrected chi connectivity index (χ3v) is 5.50. The Morgan fingerprint density at radius 1 is 1.15 bits per heavy atom. The molecule has 4 heterocycles. The van der Waals surface area contributed by atoms with Gasteiger partial charge in [0.2, 0.25) is 11.7 Å². The molecule has 1 fully saturated rings. The minimum atomic E-state index is 0.430. The molecule has 4 aromatic rings. The predicted octanol–water partition coefficient (Wildman–Crippen LogP) is 2.60. The smallest absolute Gasteiger partial charge is 0.241 e. The first kappa shape index (κ1) is 16.5. The first-order chi connectivity index (χ1) is 13.1. The van der Waals surface area contributed by atoms with Crippen molar-refractivity contribution in [2.24, 2.45) is 0 Å². The molecule has 9 heteroatoms. The summed E-state index contributed by atoms with van der Waals surface area (Å²) >= 11 is 6.16. The molecule has 0 radical (unpaired) electrons. The van der Waals surface area contributed by atoms with Gasteiger partial charge in [-0.2, -0.15) is 0 Å². The second kappa shape index (κ2) is 6.17. The third-order valence-electron chi connectivity index (χ3n) is 5.22. The lowest BCUT2D eigenvalue weighted by Crippen LogP contribution is -2.47. The van der Waals surface area contributed by atoms with Gasteiger partial charge in [-0.25, -0.2) is 19.5 Å². The van der Waals surface area contributed by atoms with Gasteiger partial charge in [0.15, 0.2) is 0 Å². The fraction of sp³-hybridized carbons (Fsp3) is 0.333. The Hall–Kier alpha value is -2.71. The van der Waals surface area contributed by atoms with Gasteiger partial charge < -0.3 is 10.2 Å². The minimum absolute atomic E-state index is 0.430. The van der Waals surface area contributed by atoms with Gasteiger partial charge in [0.05, 0.1) is 17.9 Å². The van der Waals surface area contributed by atoms with Crippen molar-refractivity contribution in [2.45, 2.75) is 24.9 Å². The van der Waals surface area contributed by atoms with Gasteiger partial charge in [-0.05, 0) is 33.0 Å². The maximum atomic E-state index is 6.16. The van der Waals surface area contributed by atoms with Crippen molar-refractivity contribution in [3.05, 3.63) is 42.2 Å². The number of hydrogen-bond acceptors (Lipinski definition) is 6. The summed E-state index contributed by atoms with van der Waals surface area (Å²) < 4.78 is 3.60. The monoisotopic (exact) mass is 382 g/mol. The number of fused-ring (bicyclic) bond motifs is 2. The van der Waals surface area contributed by atoms with Crippen LogP contribution in [0.2, 0.25) is 5.15 Å². The van der Waals surface area contributed by atoms with Crippen LogP contribution in [0.5, 0.6) is 0 Å². The average molecular weight is 383 g/mol. The lowest BCUT2D eigenvalue weighted by atomic mass is 9.86. The van der Waals surface area contributed by atoms with Gasteiger partial charge in [0, 0.05) is 41.8 Å². The molecule has 5 rings (SSSR count). The average Bonchev–Trinajstić information content (AvgIpc) is 3.20. The summed E-state index contributed by atoms with van der Waals surface area (Å²) in [6.07, 6.45) is 11.3. The van der Waals surface area contributed by atoms with Crippen LogP contribution in [-0.4, -0.2) is 60.0 Å². The molecule has 0 aromatic carbocycles. The van der Waals surface area contributed by atoms with E-state index < -0.39 is 0 Å². The second-order valence-corrected chi connectivity index (χ2v) is 7.55. The molecule has 0 unspecified atom stereocenters. The van der Waals surface area contributed by atoms with Gasteiger partial charge in [-0.1, -0.05) is 11.6 Å². The number of aromatic nitrogens is 6. The lowest BCUT2D eigenvalue weighted by molar-refractivity contribution is 0.177. The topological polar surface area (TPSA) is 75.6 Å². The Bertz CT molecular complexity index is 1130. The van der Waals surface area contributed by atoms with Crippen LogP contribution < -0.4 is 5.32 Å². The van der Waals surface area contributed by atoms with Crippen molar-refractivity contribution in [2.75, 3.05) is 19.4 Å². The Morgan fingerprint density at radius 2 is 1.96 bits per heavy atom. The number of hydrogen-bond donors (Lipinski definition) is 1. The highest BCUT2D eigenvalue weighted by Crippen LogP contribution is 2.28. The number of nitrogens with zero attached hydrogens (tertiary/aromatic N) is 7. The van der Waals surface area contributed by atoms with Crippen molar-refractivity contribution in [3.63, 3.8) is 0 Å². The number of halogens is 1. The summed E-state index contributed by atoms with van der Waals surface area (Å²) in [4.78, 5) is 15.3. The molecule has 0 aliphatic heterocycles. The van der Waals surface area contributed by atoms with Crippen LogP contribution in [0.3, 0.4) is 0 Å². The Balaban J connectivity index is 1.42. The van der Waals surface area contributed by atoms with Crippen LogP contribution in [0.25, 0.3) is 22.4 Å². The number of imidazole rings is 1. The first-order valence-corrected chi connectivity index (χ1v) is 9.22. The maximum Gasteiger partial charge on any atom is 0.241 e. The van der Waals surface area contributed by atoms with E-state index in [-0.39, 0.29) is 0 Å². The maximum absolute atomic E-state index is 6.16. The highest BCUT2D eigenvalue weighted by Gasteiger charge is 2.30. The summed E-state index contributed by atoms with van der Waals surface area (Å²) in [5.41, 5.74) is 2.84. The van der Waals surface area contributed by atoms with Crippen molar-refractivity contribution in [3.8, 4) is 11.1 Å². The normalized spacial score (nSPS) is 19.7. The molecule has 1 N–H and O–H groups in total. The quantitative estimate of drug-likeness (QED) is 0.584. The molecule has 8 nitrogen and oxygen atoms in total. The Labute approximate surface area is 160 Å². The zero-order valence-corrected chi connectivity index (χ0v) is 15.8. The molecule has 1 aliphatic carbocycles. The molecule has 1 saturated carbocycles. The van der Waals surface area contributed by atoms with Gasteiger partial charge in [-0.15, -0.1) is 5.10 Å². The van der Waals surface area contributed by atoms with Gasteiger partial charge in [0.25, 0.3) is 0 Å². The fourth-order valence-electron chi connectivity index (χ4n) is 3.51. The van der Waals surface area contributed by atoms with E-state index in [1.165, 1.54) is 0 Å². The largest absolute Gasteiger partial charge is 0.350 e. The van der Waals surface area contributed by atoms with E-state index in [2.05, 4.69) is 44.4 Å². The van der Waals surface area contributed by atoms with E-state index >= 15 is 0 Å². The highest BCUT2D eigenvalue weighted by molar-refractivity contribution is 6.29. The fourth-order valence-corrected chi connectivity index (χ4v) is 3.68. The molecule has 0 bridgehead atoms. The Kier molecular flexibility index (Phi) is 3.76. The Morgan fingerprint density at radius 3 is 2.78 bits per heavy atom. The van der Waals surface area contributed by atoms with Crippen LogP contribution in [0.4, 0.5) is 5.95 Å². The zero-order valence-electron chi connectivity index (χ0n) is 15.0. The second-order valence-electron chi connectivity index (χ2n) is 7.16. The molecule has 0 spiro atoms. The van der Waals surface area contributed by atoms with Crippen LogP contribution in [0, 0.1) is 0 Å². The molecule has 0 atom stereocenters. The number of anilines is 1. The van der Waals surface area contributed by atoms with Gasteiger partial charge >= 0.3 is 0 Å². The standard InChI is InChI=1S/C18H19ClN8/c1-25(2)13-5-12(6-13)23-17-20-8-15-14(3-4-27(15)24-17)11-7-21-18-22-9-16(19)26(18)10-11/h3-4,7-10,12-13H,5-6H2,1-2H3,(H,23,24)/t12-,13-. The van der Waals surface area contributed by atoms with E-state index in [9.17, 15) is 0 Å². The van der Waals surface area contributed by atoms with E-state index in [1.54, 1.807) is 16.8 Å². The van der Waals surface area contributed by atoms with E-state index in [4.69, 9.17) is 11.6 Å². The molecule has 0 amide bonds. The molecule has 27 heavy (non-hydrogen) atoms. The molecular weight excluding hydrogens is 364 g/mol. The van der Waals surface area contributed by atoms with E-state index in [0.29, 0.717) is 29.0 Å². The third kappa shape index (κ3) is 2.81. The molecule has 4 aromatic heterocycles. The van der Waals surface area contributed by atoms with Crippen molar-refractivity contribution in [1.29, 1.82) is 0 Å². The molecular formula is C18H19ClN8. The summed E-state index contributed by atoms with van der Waals surface area (Å²) in [7, 11) is 4.24. The summed E-state index contributed by atoms with van der Waals surface area (Å²) in [5, 5.41) is 8.55. The molecule has 138 valence electrons. The molecule has 0 saturated heterocycles. The van der Waals surface area contributed by atoms with Crippen LogP contribution in [-0.2, 0) is 0 Å². The summed E-state index contributed by atoms with van der Waals surface area (Å²) in [6.45, 7) is 0. The molecule has 1 aliphatic rings. The van der Waals surface area contributed by atoms with Gasteiger partial charge in [-0.3, -0.25) is 4.40 Å². The van der Waals surface area contributed by atoms with Crippen LogP contribution in [0.15, 0.2) is 37.1 Å². The van der Waals surface area contributed by atoms with Crippen molar-refractivity contribution >= 4 is 28.8 Å². The summed E-state index contributed by atoms with van der Waals surface area (Å²) in [5.74, 6) is 1.23.